The number of carbonyl (C=O) groups is 2. The van der Waals surface area contributed by atoms with Gasteiger partial charge in [0, 0.05) is 18.8 Å². The van der Waals surface area contributed by atoms with Gasteiger partial charge in [-0.25, -0.2) is 8.42 Å². The molecule has 4 rings (SSSR count). The van der Waals surface area contributed by atoms with E-state index in [4.69, 9.17) is 4.74 Å². The Morgan fingerprint density at radius 1 is 1.20 bits per heavy atom. The molecule has 2 aromatic rings. The summed E-state index contributed by atoms with van der Waals surface area (Å²) in [6.07, 6.45) is 1.85. The van der Waals surface area contributed by atoms with E-state index in [9.17, 15) is 18.0 Å². The highest BCUT2D eigenvalue weighted by Gasteiger charge is 2.45. The van der Waals surface area contributed by atoms with Gasteiger partial charge in [-0.2, -0.15) is 4.31 Å². The van der Waals surface area contributed by atoms with Gasteiger partial charge >= 0.3 is 0 Å². The minimum Gasteiger partial charge on any atom is -0.495 e. The molecule has 2 amide bonds. The average molecular weight is 500 g/mol. The van der Waals surface area contributed by atoms with Crippen molar-refractivity contribution in [3.8, 4) is 5.75 Å². The standard InChI is InChI=1S/C26H33N3O5S/c1-17-8-11-23(34-5)21(13-17)27-24(30)16-29-22-10-9-19(14-20(22)26(3,4)25(29)31)35(32,33)28-12-6-7-18(2)15-28/h8-11,13-14,18H,6-7,12,15-16H2,1-5H3,(H,27,30). The van der Waals surface area contributed by atoms with E-state index in [1.165, 1.54) is 22.4 Å². The van der Waals surface area contributed by atoms with Crippen LogP contribution in [0.2, 0.25) is 0 Å². The quantitative estimate of drug-likeness (QED) is 0.654. The lowest BCUT2D eigenvalue weighted by Gasteiger charge is -2.30. The number of methoxy groups -OCH3 is 1. The van der Waals surface area contributed by atoms with E-state index in [1.807, 2.05) is 13.0 Å². The van der Waals surface area contributed by atoms with Gasteiger partial charge in [-0.3, -0.25) is 9.59 Å². The van der Waals surface area contributed by atoms with Crippen molar-refractivity contribution in [2.24, 2.45) is 5.92 Å². The summed E-state index contributed by atoms with van der Waals surface area (Å²) in [6, 6.07) is 10.2. The maximum absolute atomic E-state index is 13.3. The number of anilines is 2. The number of nitrogens with one attached hydrogen (secondary N) is 1. The highest BCUT2D eigenvalue weighted by atomic mass is 32.2. The molecular weight excluding hydrogens is 466 g/mol. The predicted octanol–water partition coefficient (Wildman–Crippen LogP) is 3.69. The van der Waals surface area contributed by atoms with E-state index in [0.717, 1.165) is 18.4 Å². The zero-order valence-corrected chi connectivity index (χ0v) is 21.7. The van der Waals surface area contributed by atoms with Gasteiger partial charge in [-0.05, 0) is 81.0 Å². The third-order valence-electron chi connectivity index (χ3n) is 6.90. The maximum Gasteiger partial charge on any atom is 0.244 e. The largest absolute Gasteiger partial charge is 0.495 e. The number of carbonyl (C=O) groups excluding carboxylic acids is 2. The van der Waals surface area contributed by atoms with Crippen LogP contribution < -0.4 is 15.0 Å². The van der Waals surface area contributed by atoms with Crippen molar-refractivity contribution in [1.82, 2.24) is 4.31 Å². The number of aryl methyl sites for hydroxylation is 1. The molecular formula is C26H33N3O5S. The molecule has 2 aliphatic rings. The second kappa shape index (κ2) is 9.28. The van der Waals surface area contributed by atoms with Gasteiger partial charge < -0.3 is 15.0 Å². The molecule has 0 aliphatic carbocycles. The maximum atomic E-state index is 13.3. The van der Waals surface area contributed by atoms with Gasteiger partial charge in [-0.1, -0.05) is 13.0 Å². The molecule has 9 heteroatoms. The summed E-state index contributed by atoms with van der Waals surface area (Å²) < 4.78 is 33.5. The average Bonchev–Trinajstić information content (AvgIpc) is 2.99. The Bertz CT molecular complexity index is 1270. The summed E-state index contributed by atoms with van der Waals surface area (Å²) in [4.78, 5) is 27.8. The van der Waals surface area contributed by atoms with E-state index >= 15 is 0 Å². The van der Waals surface area contributed by atoms with Crippen LogP contribution in [0.15, 0.2) is 41.3 Å². The summed E-state index contributed by atoms with van der Waals surface area (Å²) in [7, 11) is -2.14. The molecule has 8 nitrogen and oxygen atoms in total. The van der Waals surface area contributed by atoms with Gasteiger partial charge in [0.2, 0.25) is 21.8 Å². The fraction of sp³-hybridized carbons (Fsp3) is 0.462. The zero-order chi connectivity index (χ0) is 25.5. The monoisotopic (exact) mass is 499 g/mol. The first kappa shape index (κ1) is 25.2. The lowest BCUT2D eigenvalue weighted by Crippen LogP contribution is -2.40. The Morgan fingerprint density at radius 3 is 2.63 bits per heavy atom. The van der Waals surface area contributed by atoms with E-state index in [1.54, 1.807) is 38.1 Å². The highest BCUT2D eigenvalue weighted by molar-refractivity contribution is 7.89. The van der Waals surface area contributed by atoms with E-state index in [-0.39, 0.29) is 23.3 Å². The number of fused-ring (bicyclic) bond motifs is 1. The number of rotatable bonds is 6. The molecule has 0 bridgehead atoms. The van der Waals surface area contributed by atoms with Crippen LogP contribution in [-0.2, 0) is 25.0 Å². The molecule has 1 unspecified atom stereocenters. The van der Waals surface area contributed by atoms with Gasteiger partial charge in [0.1, 0.15) is 12.3 Å². The van der Waals surface area contributed by atoms with Gasteiger partial charge in [0.05, 0.1) is 23.1 Å². The Morgan fingerprint density at radius 2 is 1.94 bits per heavy atom. The van der Waals surface area contributed by atoms with Crippen molar-refractivity contribution in [2.45, 2.75) is 50.8 Å². The van der Waals surface area contributed by atoms with Crippen molar-refractivity contribution in [3.63, 3.8) is 0 Å². The molecule has 2 aromatic carbocycles. The minimum atomic E-state index is -3.67. The van der Waals surface area contributed by atoms with Gasteiger partial charge in [-0.15, -0.1) is 0 Å². The van der Waals surface area contributed by atoms with Crippen molar-refractivity contribution in [3.05, 3.63) is 47.5 Å². The van der Waals surface area contributed by atoms with Crippen molar-refractivity contribution < 1.29 is 22.7 Å². The van der Waals surface area contributed by atoms with Crippen LogP contribution in [0.5, 0.6) is 5.75 Å². The molecule has 0 aromatic heterocycles. The SMILES string of the molecule is COc1ccc(C)cc1NC(=O)CN1C(=O)C(C)(C)c2cc(S(=O)(=O)N3CCCC(C)C3)ccc21. The van der Waals surface area contributed by atoms with Crippen LogP contribution >= 0.6 is 0 Å². The van der Waals surface area contributed by atoms with Crippen LogP contribution in [0.3, 0.4) is 0 Å². The summed E-state index contributed by atoms with van der Waals surface area (Å²) in [5.41, 5.74) is 1.69. The predicted molar refractivity (Wildman–Crippen MR) is 135 cm³/mol. The smallest absolute Gasteiger partial charge is 0.244 e. The Labute approximate surface area is 207 Å². The molecule has 188 valence electrons. The van der Waals surface area contributed by atoms with Gasteiger partial charge in [0.15, 0.2) is 0 Å². The zero-order valence-electron chi connectivity index (χ0n) is 20.9. The second-order valence-electron chi connectivity index (χ2n) is 10.1. The van der Waals surface area contributed by atoms with Crippen LogP contribution in [0, 0.1) is 12.8 Å². The molecule has 1 saturated heterocycles. The molecule has 1 fully saturated rings. The summed E-state index contributed by atoms with van der Waals surface area (Å²) in [5.74, 6) is 0.219. The second-order valence-corrected chi connectivity index (χ2v) is 12.0. The fourth-order valence-electron chi connectivity index (χ4n) is 4.90. The van der Waals surface area contributed by atoms with E-state index in [0.29, 0.717) is 41.7 Å². The van der Waals surface area contributed by atoms with E-state index < -0.39 is 15.4 Å². The lowest BCUT2D eigenvalue weighted by atomic mass is 9.86. The first-order valence-electron chi connectivity index (χ1n) is 11.9. The van der Waals surface area contributed by atoms with Crippen molar-refractivity contribution >= 4 is 33.2 Å². The van der Waals surface area contributed by atoms with Crippen molar-refractivity contribution in [1.29, 1.82) is 0 Å². The molecule has 2 aliphatic heterocycles. The van der Waals surface area contributed by atoms with Gasteiger partial charge in [0.25, 0.3) is 0 Å². The molecule has 1 atom stereocenters. The van der Waals surface area contributed by atoms with Crippen LogP contribution in [0.25, 0.3) is 0 Å². The lowest BCUT2D eigenvalue weighted by molar-refractivity contribution is -0.124. The van der Waals surface area contributed by atoms with Crippen LogP contribution in [-0.4, -0.2) is 51.3 Å². The number of hydrogen-bond donors (Lipinski definition) is 1. The first-order chi connectivity index (χ1) is 16.4. The third kappa shape index (κ3) is 4.67. The summed E-state index contributed by atoms with van der Waals surface area (Å²) in [6.45, 7) is 8.29. The normalized spacial score (nSPS) is 20.0. The molecule has 2 heterocycles. The Hall–Kier alpha value is -2.91. The molecule has 0 saturated carbocycles. The minimum absolute atomic E-state index is 0.182. The molecule has 35 heavy (non-hydrogen) atoms. The number of amides is 2. The molecule has 0 spiro atoms. The number of hydrogen-bond acceptors (Lipinski definition) is 5. The molecule has 0 radical (unpaired) electrons. The van der Waals surface area contributed by atoms with Crippen LogP contribution in [0.4, 0.5) is 11.4 Å². The summed E-state index contributed by atoms with van der Waals surface area (Å²) in [5, 5.41) is 2.83. The number of ether oxygens (including phenoxy) is 1. The number of benzene rings is 2. The Balaban J connectivity index is 1.61. The fourth-order valence-corrected chi connectivity index (χ4v) is 6.52. The third-order valence-corrected chi connectivity index (χ3v) is 8.76. The Kier molecular flexibility index (Phi) is 6.68. The van der Waals surface area contributed by atoms with Crippen molar-refractivity contribution in [2.75, 3.05) is 37.0 Å². The van der Waals surface area contributed by atoms with Crippen LogP contribution in [0.1, 0.15) is 44.7 Å². The van der Waals surface area contributed by atoms with E-state index in [2.05, 4.69) is 12.2 Å². The topological polar surface area (TPSA) is 96.0 Å². The molecule has 1 N–H and O–H groups in total. The highest BCUT2D eigenvalue weighted by Crippen LogP contribution is 2.43. The summed E-state index contributed by atoms with van der Waals surface area (Å²) >= 11 is 0. The number of piperidine rings is 1. The first-order valence-corrected chi connectivity index (χ1v) is 13.3. The number of sulfonamides is 1. The number of nitrogens with zero attached hydrogens (tertiary/aromatic N) is 2.